The molecule has 0 aromatic heterocycles. The monoisotopic (exact) mass is 393 g/mol. The van der Waals surface area contributed by atoms with Crippen molar-refractivity contribution in [3.05, 3.63) is 64.7 Å². The second-order valence-corrected chi connectivity index (χ2v) is 8.14. The number of hydrogen-bond donors (Lipinski definition) is 2. The number of nitrogens with one attached hydrogen (secondary N) is 1. The Morgan fingerprint density at radius 2 is 1.83 bits per heavy atom. The van der Waals surface area contributed by atoms with Gasteiger partial charge in [0.25, 0.3) is 0 Å². The quantitative estimate of drug-likeness (QED) is 0.830. The SMILES string of the molecule is Cc1ccc(CN2CCN3C(=O)[C@H](Cc4ccc(O)cc4)NC(=O)[C@H]3C2)c(C)c1. The van der Waals surface area contributed by atoms with E-state index in [4.69, 9.17) is 0 Å². The summed E-state index contributed by atoms with van der Waals surface area (Å²) in [5.74, 6) is 0.0836. The van der Waals surface area contributed by atoms with Gasteiger partial charge in [-0.3, -0.25) is 14.5 Å². The molecule has 2 amide bonds. The highest BCUT2D eigenvalue weighted by atomic mass is 16.3. The molecule has 6 heteroatoms. The number of rotatable bonds is 4. The Hall–Kier alpha value is -2.86. The van der Waals surface area contributed by atoms with Gasteiger partial charge in [0.1, 0.15) is 17.8 Å². The topological polar surface area (TPSA) is 72.9 Å². The van der Waals surface area contributed by atoms with Crippen molar-refractivity contribution in [1.29, 1.82) is 0 Å². The Morgan fingerprint density at radius 1 is 1.07 bits per heavy atom. The fourth-order valence-electron chi connectivity index (χ4n) is 4.27. The first-order valence-corrected chi connectivity index (χ1v) is 10.1. The van der Waals surface area contributed by atoms with Crippen molar-refractivity contribution in [3.63, 3.8) is 0 Å². The molecule has 0 radical (unpaired) electrons. The van der Waals surface area contributed by atoms with E-state index in [0.29, 0.717) is 19.5 Å². The number of fused-ring (bicyclic) bond motifs is 1. The molecule has 2 aromatic carbocycles. The van der Waals surface area contributed by atoms with E-state index < -0.39 is 12.1 Å². The van der Waals surface area contributed by atoms with Crippen molar-refractivity contribution >= 4 is 11.8 Å². The summed E-state index contributed by atoms with van der Waals surface area (Å²) in [5, 5.41) is 12.3. The molecule has 2 N–H and O–H groups in total. The van der Waals surface area contributed by atoms with Gasteiger partial charge in [-0.2, -0.15) is 0 Å². The van der Waals surface area contributed by atoms with E-state index in [0.717, 1.165) is 18.7 Å². The van der Waals surface area contributed by atoms with E-state index in [2.05, 4.69) is 42.3 Å². The zero-order chi connectivity index (χ0) is 20.5. The molecule has 2 fully saturated rings. The number of hydrogen-bond acceptors (Lipinski definition) is 4. The van der Waals surface area contributed by atoms with Crippen LogP contribution in [0.25, 0.3) is 0 Å². The summed E-state index contributed by atoms with van der Waals surface area (Å²) in [7, 11) is 0. The van der Waals surface area contributed by atoms with Crippen molar-refractivity contribution in [1.82, 2.24) is 15.1 Å². The summed E-state index contributed by atoms with van der Waals surface area (Å²) in [5.41, 5.74) is 4.67. The largest absolute Gasteiger partial charge is 0.508 e. The maximum atomic E-state index is 13.0. The second-order valence-electron chi connectivity index (χ2n) is 8.14. The minimum Gasteiger partial charge on any atom is -0.508 e. The van der Waals surface area contributed by atoms with Crippen LogP contribution < -0.4 is 5.32 Å². The fourth-order valence-corrected chi connectivity index (χ4v) is 4.27. The van der Waals surface area contributed by atoms with Crippen LogP contribution in [0.3, 0.4) is 0 Å². The molecular formula is C23H27N3O3. The molecule has 2 aliphatic rings. The first-order chi connectivity index (χ1) is 13.9. The smallest absolute Gasteiger partial charge is 0.246 e. The van der Waals surface area contributed by atoms with E-state index in [9.17, 15) is 14.7 Å². The van der Waals surface area contributed by atoms with Gasteiger partial charge in [0, 0.05) is 32.6 Å². The standard InChI is InChI=1S/C23H27N3O3/c1-15-3-6-18(16(2)11-15)13-25-9-10-26-21(14-25)22(28)24-20(23(26)29)12-17-4-7-19(27)8-5-17/h3-8,11,20-21,27H,9-10,12-14H2,1-2H3,(H,24,28)/t20-,21+/m0/s1. The van der Waals surface area contributed by atoms with Gasteiger partial charge in [-0.05, 0) is 42.7 Å². The average molecular weight is 393 g/mol. The molecule has 2 aromatic rings. The summed E-state index contributed by atoms with van der Waals surface area (Å²) in [4.78, 5) is 29.7. The zero-order valence-electron chi connectivity index (χ0n) is 16.9. The van der Waals surface area contributed by atoms with Crippen LogP contribution in [0, 0.1) is 13.8 Å². The van der Waals surface area contributed by atoms with Crippen molar-refractivity contribution in [2.24, 2.45) is 0 Å². The fraction of sp³-hybridized carbons (Fsp3) is 0.391. The van der Waals surface area contributed by atoms with Gasteiger partial charge in [-0.15, -0.1) is 0 Å². The maximum absolute atomic E-state index is 13.0. The van der Waals surface area contributed by atoms with E-state index >= 15 is 0 Å². The second kappa shape index (κ2) is 7.87. The van der Waals surface area contributed by atoms with Crippen LogP contribution in [0.15, 0.2) is 42.5 Å². The number of nitrogens with zero attached hydrogens (tertiary/aromatic N) is 2. The Kier molecular flexibility index (Phi) is 5.28. The van der Waals surface area contributed by atoms with Gasteiger partial charge < -0.3 is 15.3 Å². The van der Waals surface area contributed by atoms with Gasteiger partial charge in [-0.1, -0.05) is 35.9 Å². The highest BCUT2D eigenvalue weighted by Crippen LogP contribution is 2.21. The number of amides is 2. The Balaban J connectivity index is 1.42. The zero-order valence-corrected chi connectivity index (χ0v) is 16.9. The molecule has 2 atom stereocenters. The van der Waals surface area contributed by atoms with Gasteiger partial charge in [0.2, 0.25) is 11.8 Å². The van der Waals surface area contributed by atoms with E-state index in [1.807, 2.05) is 0 Å². The first kappa shape index (κ1) is 19.5. The lowest BCUT2D eigenvalue weighted by molar-refractivity contribution is -0.153. The van der Waals surface area contributed by atoms with Gasteiger partial charge in [-0.25, -0.2) is 0 Å². The van der Waals surface area contributed by atoms with E-state index in [-0.39, 0.29) is 17.6 Å². The lowest BCUT2D eigenvalue weighted by atomic mass is 9.98. The summed E-state index contributed by atoms with van der Waals surface area (Å²) < 4.78 is 0. The molecule has 0 bridgehead atoms. The predicted molar refractivity (Wildman–Crippen MR) is 110 cm³/mol. The Morgan fingerprint density at radius 3 is 2.55 bits per heavy atom. The lowest BCUT2D eigenvalue weighted by Crippen LogP contribution is -2.69. The van der Waals surface area contributed by atoms with Gasteiger partial charge >= 0.3 is 0 Å². The summed E-state index contributed by atoms with van der Waals surface area (Å²) in [6.07, 6.45) is 0.431. The number of phenols is 1. The number of aromatic hydroxyl groups is 1. The highest BCUT2D eigenvalue weighted by Gasteiger charge is 2.43. The third kappa shape index (κ3) is 4.12. The number of carbonyl (C=O) groups excluding carboxylic acids is 2. The number of piperazine rings is 2. The number of aryl methyl sites for hydroxylation is 2. The summed E-state index contributed by atoms with van der Waals surface area (Å²) >= 11 is 0. The van der Waals surface area contributed by atoms with Crippen LogP contribution in [-0.4, -0.2) is 58.4 Å². The first-order valence-electron chi connectivity index (χ1n) is 10.1. The third-order valence-corrected chi connectivity index (χ3v) is 5.93. The maximum Gasteiger partial charge on any atom is 0.246 e. The van der Waals surface area contributed by atoms with Gasteiger partial charge in [0.05, 0.1) is 0 Å². The lowest BCUT2D eigenvalue weighted by Gasteiger charge is -2.45. The summed E-state index contributed by atoms with van der Waals surface area (Å²) in [6.45, 7) is 6.86. The van der Waals surface area contributed by atoms with Crippen molar-refractivity contribution in [2.75, 3.05) is 19.6 Å². The minimum absolute atomic E-state index is 0.0196. The van der Waals surface area contributed by atoms with E-state index in [1.54, 1.807) is 29.2 Å². The molecule has 4 rings (SSSR count). The van der Waals surface area contributed by atoms with Crippen LogP contribution >= 0.6 is 0 Å². The molecule has 0 unspecified atom stereocenters. The Bertz CT molecular complexity index is 925. The van der Waals surface area contributed by atoms with Crippen LogP contribution in [-0.2, 0) is 22.6 Å². The molecule has 0 spiro atoms. The van der Waals surface area contributed by atoms with Crippen molar-refractivity contribution in [2.45, 2.75) is 38.9 Å². The number of phenolic OH excluding ortho intramolecular Hbond substituents is 1. The molecule has 6 nitrogen and oxygen atoms in total. The van der Waals surface area contributed by atoms with Crippen molar-refractivity contribution in [3.8, 4) is 5.75 Å². The predicted octanol–water partition coefficient (Wildman–Crippen LogP) is 1.76. The van der Waals surface area contributed by atoms with Crippen molar-refractivity contribution < 1.29 is 14.7 Å². The Labute approximate surface area is 171 Å². The highest BCUT2D eigenvalue weighted by molar-refractivity contribution is 5.97. The molecule has 2 aliphatic heterocycles. The van der Waals surface area contributed by atoms with E-state index in [1.165, 1.54) is 16.7 Å². The number of benzene rings is 2. The van der Waals surface area contributed by atoms with Crippen LogP contribution in [0.5, 0.6) is 5.75 Å². The molecule has 29 heavy (non-hydrogen) atoms. The van der Waals surface area contributed by atoms with Crippen LogP contribution in [0.2, 0.25) is 0 Å². The van der Waals surface area contributed by atoms with Crippen LogP contribution in [0.1, 0.15) is 22.3 Å². The molecule has 2 heterocycles. The van der Waals surface area contributed by atoms with Crippen LogP contribution in [0.4, 0.5) is 0 Å². The summed E-state index contributed by atoms with van der Waals surface area (Å²) in [6, 6.07) is 12.2. The molecule has 152 valence electrons. The van der Waals surface area contributed by atoms with Gasteiger partial charge in [0.15, 0.2) is 0 Å². The molecular weight excluding hydrogens is 366 g/mol. The number of carbonyl (C=O) groups is 2. The molecule has 0 saturated carbocycles. The molecule has 0 aliphatic carbocycles. The third-order valence-electron chi connectivity index (χ3n) is 5.93. The average Bonchev–Trinajstić information content (AvgIpc) is 2.70. The minimum atomic E-state index is -0.547. The molecule has 2 saturated heterocycles. The normalized spacial score (nSPS) is 22.3.